The number of pyridine rings is 1. The number of amides is 1. The fourth-order valence-electron chi connectivity index (χ4n) is 4.45. The van der Waals surface area contributed by atoms with Crippen molar-refractivity contribution < 1.29 is 18.0 Å². The van der Waals surface area contributed by atoms with Gasteiger partial charge in [-0.2, -0.15) is 0 Å². The van der Waals surface area contributed by atoms with Crippen molar-refractivity contribution in [2.24, 2.45) is 5.92 Å². The highest BCUT2D eigenvalue weighted by Crippen LogP contribution is 2.35. The molecule has 0 aliphatic heterocycles. The van der Waals surface area contributed by atoms with Crippen LogP contribution in [0.5, 0.6) is 0 Å². The minimum atomic E-state index is -0.765. The number of nitrogens with zero attached hydrogens (tertiary/aromatic N) is 1. The Morgan fingerprint density at radius 1 is 1.18 bits per heavy atom. The van der Waals surface area contributed by atoms with Crippen LogP contribution in [-0.2, 0) is 0 Å². The van der Waals surface area contributed by atoms with E-state index in [9.17, 15) is 22.8 Å². The van der Waals surface area contributed by atoms with Gasteiger partial charge >= 0.3 is 0 Å². The molecule has 1 aromatic heterocycles. The predicted octanol–water partition coefficient (Wildman–Crippen LogP) is 4.76. The average molecular weight is 457 g/mol. The molecule has 0 saturated heterocycles. The Bertz CT molecular complexity index is 1240. The normalized spacial score (nSPS) is 14.7. The van der Waals surface area contributed by atoms with Crippen LogP contribution in [-0.4, -0.2) is 23.8 Å². The summed E-state index contributed by atoms with van der Waals surface area (Å²) in [5.41, 5.74) is 2.93. The Hall–Kier alpha value is -3.29. The molecule has 0 radical (unpaired) electrons. The van der Waals surface area contributed by atoms with Gasteiger partial charge in [0.05, 0.1) is 29.2 Å². The smallest absolute Gasteiger partial charge is 0.279 e. The molecule has 1 aliphatic rings. The first-order valence-electron chi connectivity index (χ1n) is 11.1. The van der Waals surface area contributed by atoms with Crippen LogP contribution >= 0.6 is 0 Å². The van der Waals surface area contributed by atoms with Gasteiger partial charge in [-0.15, -0.1) is 0 Å². The number of aromatic nitrogens is 1. The van der Waals surface area contributed by atoms with Gasteiger partial charge in [0.25, 0.3) is 11.5 Å². The highest BCUT2D eigenvalue weighted by Gasteiger charge is 2.27. The molecule has 4 rings (SSSR count). The zero-order valence-corrected chi connectivity index (χ0v) is 18.3. The van der Waals surface area contributed by atoms with Crippen molar-refractivity contribution in [2.45, 2.75) is 38.6 Å². The molecule has 0 spiro atoms. The van der Waals surface area contributed by atoms with E-state index in [1.54, 1.807) is 19.1 Å². The first kappa shape index (κ1) is 22.9. The molecule has 2 aromatic carbocycles. The van der Waals surface area contributed by atoms with Gasteiger partial charge in [-0.25, -0.2) is 17.8 Å². The van der Waals surface area contributed by atoms with E-state index in [2.05, 4.69) is 10.7 Å². The second kappa shape index (κ2) is 9.68. The van der Waals surface area contributed by atoms with Crippen LogP contribution in [0.15, 0.2) is 47.3 Å². The number of carbonyl (C=O) groups is 1. The molecular formula is C25H26F3N3O2. The van der Waals surface area contributed by atoms with Crippen molar-refractivity contribution in [1.29, 1.82) is 0 Å². The molecule has 1 atom stereocenters. The fourth-order valence-corrected chi connectivity index (χ4v) is 4.45. The Morgan fingerprint density at radius 3 is 2.61 bits per heavy atom. The van der Waals surface area contributed by atoms with Gasteiger partial charge in [-0.3, -0.25) is 9.59 Å². The lowest BCUT2D eigenvalue weighted by Crippen LogP contribution is -2.37. The lowest BCUT2D eigenvalue weighted by molar-refractivity contribution is 0.0925. The van der Waals surface area contributed by atoms with Crippen molar-refractivity contribution in [3.8, 4) is 0 Å². The minimum Gasteiger partial charge on any atom is -0.345 e. The second-order valence-electron chi connectivity index (χ2n) is 8.47. The summed E-state index contributed by atoms with van der Waals surface area (Å²) >= 11 is 0. The maximum Gasteiger partial charge on any atom is 0.279 e. The van der Waals surface area contributed by atoms with Crippen molar-refractivity contribution in [3.63, 3.8) is 0 Å². The maximum atomic E-state index is 14.6. The van der Waals surface area contributed by atoms with Crippen LogP contribution < -0.4 is 16.3 Å². The number of carbonyl (C=O) groups excluding carboxylic acids is 1. The van der Waals surface area contributed by atoms with Crippen molar-refractivity contribution in [1.82, 2.24) is 9.99 Å². The number of halogens is 3. The van der Waals surface area contributed by atoms with E-state index in [1.165, 1.54) is 24.3 Å². The Kier molecular flexibility index (Phi) is 6.72. The third-order valence-electron chi connectivity index (χ3n) is 6.34. The van der Waals surface area contributed by atoms with Crippen LogP contribution in [0.4, 0.5) is 13.2 Å². The third kappa shape index (κ3) is 4.60. The van der Waals surface area contributed by atoms with E-state index >= 15 is 0 Å². The molecular weight excluding hydrogens is 431 g/mol. The summed E-state index contributed by atoms with van der Waals surface area (Å²) in [6.07, 6.45) is 3.88. The number of rotatable bonds is 8. The topological polar surface area (TPSA) is 63.1 Å². The van der Waals surface area contributed by atoms with Crippen LogP contribution in [0.25, 0.3) is 10.8 Å². The molecule has 8 heteroatoms. The average Bonchev–Trinajstić information content (AvgIpc) is 2.75. The van der Waals surface area contributed by atoms with Crippen molar-refractivity contribution in [3.05, 3.63) is 81.3 Å². The van der Waals surface area contributed by atoms with Crippen LogP contribution in [0, 0.1) is 24.5 Å². The summed E-state index contributed by atoms with van der Waals surface area (Å²) < 4.78 is 42.4. The Morgan fingerprint density at radius 2 is 1.94 bits per heavy atom. The van der Waals surface area contributed by atoms with Crippen LogP contribution in [0.3, 0.4) is 0 Å². The highest BCUT2D eigenvalue weighted by atomic mass is 19.1. The van der Waals surface area contributed by atoms with Gasteiger partial charge in [0.2, 0.25) is 0 Å². The molecule has 2 N–H and O–H groups in total. The summed E-state index contributed by atoms with van der Waals surface area (Å²) in [7, 11) is 0. The number of hydrogen-bond donors (Lipinski definition) is 2. The first-order valence-corrected chi connectivity index (χ1v) is 11.1. The molecule has 1 heterocycles. The summed E-state index contributed by atoms with van der Waals surface area (Å²) in [6.45, 7) is 0.635. The Balaban J connectivity index is 1.78. The minimum absolute atomic E-state index is 0.116. The maximum absolute atomic E-state index is 14.6. The first-order chi connectivity index (χ1) is 15.9. The predicted molar refractivity (Wildman–Crippen MR) is 122 cm³/mol. The standard InChI is InChI=1S/C25H26F3N3O2/c1-15-22(19-9-4-10-20(28)23(19)25(33)31(15)29-12-11-26)24(32)30-21(13-16-5-2-6-16)17-7-3-8-18(27)14-17/h3-4,7-10,14,16,21,29H,2,5-6,11-13H2,1H3,(H,30,32). The van der Waals surface area contributed by atoms with E-state index in [-0.39, 0.29) is 28.6 Å². The Labute approximate surface area is 189 Å². The quantitative estimate of drug-likeness (QED) is 0.513. The van der Waals surface area contributed by atoms with Gasteiger partial charge in [-0.05, 0) is 43.0 Å². The molecule has 3 aromatic rings. The van der Waals surface area contributed by atoms with E-state index in [0.29, 0.717) is 17.9 Å². The fraction of sp³-hybridized carbons (Fsp3) is 0.360. The summed E-state index contributed by atoms with van der Waals surface area (Å²) in [5, 5.41) is 2.91. The molecule has 1 unspecified atom stereocenters. The van der Waals surface area contributed by atoms with Gasteiger partial charge in [0, 0.05) is 5.39 Å². The van der Waals surface area contributed by atoms with Gasteiger partial charge in [-0.1, -0.05) is 43.5 Å². The second-order valence-corrected chi connectivity index (χ2v) is 8.47. The summed E-state index contributed by atoms with van der Waals surface area (Å²) in [6, 6.07) is 9.77. The summed E-state index contributed by atoms with van der Waals surface area (Å²) in [5.74, 6) is -1.24. The SMILES string of the molecule is Cc1c(C(=O)NC(CC2CCC2)c2cccc(F)c2)c2cccc(F)c2c(=O)n1NCCF. The highest BCUT2D eigenvalue weighted by molar-refractivity contribution is 6.08. The van der Waals surface area contributed by atoms with Gasteiger partial charge in [0.15, 0.2) is 0 Å². The number of nitrogens with one attached hydrogen (secondary N) is 2. The largest absolute Gasteiger partial charge is 0.345 e. The molecule has 1 amide bonds. The molecule has 174 valence electrons. The van der Waals surface area contributed by atoms with E-state index < -0.39 is 35.8 Å². The molecule has 0 bridgehead atoms. The zero-order valence-electron chi connectivity index (χ0n) is 18.3. The third-order valence-corrected chi connectivity index (χ3v) is 6.34. The molecule has 1 aliphatic carbocycles. The van der Waals surface area contributed by atoms with Crippen LogP contribution in [0.1, 0.15) is 53.3 Å². The number of hydrogen-bond acceptors (Lipinski definition) is 3. The van der Waals surface area contributed by atoms with Gasteiger partial charge in [0.1, 0.15) is 18.3 Å². The van der Waals surface area contributed by atoms with E-state index in [1.807, 2.05) is 0 Å². The monoisotopic (exact) mass is 457 g/mol. The van der Waals surface area contributed by atoms with Crippen molar-refractivity contribution >= 4 is 16.7 Å². The van der Waals surface area contributed by atoms with Crippen molar-refractivity contribution in [2.75, 3.05) is 18.6 Å². The molecule has 1 saturated carbocycles. The number of alkyl halides is 1. The molecule has 1 fully saturated rings. The molecule has 5 nitrogen and oxygen atoms in total. The molecule has 33 heavy (non-hydrogen) atoms. The lowest BCUT2D eigenvalue weighted by Gasteiger charge is -2.31. The summed E-state index contributed by atoms with van der Waals surface area (Å²) in [4.78, 5) is 26.4. The van der Waals surface area contributed by atoms with E-state index in [4.69, 9.17) is 0 Å². The van der Waals surface area contributed by atoms with Gasteiger partial charge < -0.3 is 10.7 Å². The van der Waals surface area contributed by atoms with Crippen LogP contribution in [0.2, 0.25) is 0 Å². The van der Waals surface area contributed by atoms with E-state index in [0.717, 1.165) is 30.0 Å². The number of fused-ring (bicyclic) bond motifs is 1. The zero-order chi connectivity index (χ0) is 23.5. The number of benzene rings is 2. The lowest BCUT2D eigenvalue weighted by atomic mass is 9.79.